The number of likely N-dealkylation sites (N-methyl/N-ethyl adjacent to an activating group) is 2. The highest BCUT2D eigenvalue weighted by molar-refractivity contribution is 5.20. The van der Waals surface area contributed by atoms with E-state index < -0.39 is 0 Å². The number of hydrogen-bond donors (Lipinski definition) is 1. The molecule has 3 nitrogen and oxygen atoms in total. The van der Waals surface area contributed by atoms with Crippen molar-refractivity contribution in [1.29, 1.82) is 0 Å². The molecule has 2 unspecified atom stereocenters. The second-order valence-electron chi connectivity index (χ2n) is 5.34. The highest BCUT2D eigenvalue weighted by atomic mass is 15.2. The van der Waals surface area contributed by atoms with Crippen molar-refractivity contribution >= 4 is 0 Å². The number of nitrogens with one attached hydrogen (secondary N) is 1. The fourth-order valence-corrected chi connectivity index (χ4v) is 2.82. The Morgan fingerprint density at radius 2 is 1.76 bits per heavy atom. The molecule has 0 spiro atoms. The lowest BCUT2D eigenvalue weighted by Gasteiger charge is -2.34. The van der Waals surface area contributed by atoms with Crippen molar-refractivity contribution in [3.8, 4) is 0 Å². The van der Waals surface area contributed by atoms with Gasteiger partial charge in [0, 0.05) is 31.0 Å². The van der Waals surface area contributed by atoms with Crippen LogP contribution in [-0.2, 0) is 6.54 Å². The van der Waals surface area contributed by atoms with E-state index in [1.54, 1.807) is 0 Å². The van der Waals surface area contributed by atoms with Crippen LogP contribution in [0.15, 0.2) is 54.9 Å². The van der Waals surface area contributed by atoms with Crippen molar-refractivity contribution in [2.75, 3.05) is 13.6 Å². The molecule has 3 heteroatoms. The fourth-order valence-electron chi connectivity index (χ4n) is 2.82. The Kier molecular flexibility index (Phi) is 5.90. The largest absolute Gasteiger partial charge is 0.312 e. The van der Waals surface area contributed by atoms with Crippen molar-refractivity contribution in [3.63, 3.8) is 0 Å². The van der Waals surface area contributed by atoms with Crippen LogP contribution in [0.1, 0.15) is 31.0 Å². The number of hydrogen-bond acceptors (Lipinski definition) is 3. The Morgan fingerprint density at radius 3 is 2.33 bits per heavy atom. The maximum atomic E-state index is 4.09. The molecule has 1 N–H and O–H groups in total. The summed E-state index contributed by atoms with van der Waals surface area (Å²) in [5, 5.41) is 3.46. The first-order valence-electron chi connectivity index (χ1n) is 7.61. The van der Waals surface area contributed by atoms with E-state index in [1.165, 1.54) is 11.1 Å². The van der Waals surface area contributed by atoms with E-state index in [4.69, 9.17) is 0 Å². The normalized spacial score (nSPS) is 14.1. The van der Waals surface area contributed by atoms with Crippen LogP contribution in [0.4, 0.5) is 0 Å². The maximum Gasteiger partial charge on any atom is 0.0473 e. The zero-order chi connectivity index (χ0) is 15.1. The molecule has 1 aromatic carbocycles. The van der Waals surface area contributed by atoms with Gasteiger partial charge in [-0.05, 0) is 43.8 Å². The number of benzene rings is 1. The van der Waals surface area contributed by atoms with Crippen LogP contribution in [0.25, 0.3) is 0 Å². The first kappa shape index (κ1) is 15.7. The topological polar surface area (TPSA) is 28.2 Å². The minimum Gasteiger partial charge on any atom is -0.312 e. The average Bonchev–Trinajstić information content (AvgIpc) is 2.55. The minimum atomic E-state index is 0.327. The molecule has 2 atom stereocenters. The molecule has 2 aromatic rings. The number of rotatable bonds is 7. The van der Waals surface area contributed by atoms with Gasteiger partial charge in [-0.3, -0.25) is 9.88 Å². The summed E-state index contributed by atoms with van der Waals surface area (Å²) in [6.45, 7) is 6.48. The Labute approximate surface area is 128 Å². The molecule has 0 saturated carbocycles. The van der Waals surface area contributed by atoms with E-state index in [0.717, 1.165) is 13.1 Å². The molecule has 0 aliphatic rings. The molecule has 0 bridgehead atoms. The first-order chi connectivity index (χ1) is 10.3. The minimum absolute atomic E-state index is 0.327. The van der Waals surface area contributed by atoms with Crippen molar-refractivity contribution in [3.05, 3.63) is 66.0 Å². The number of pyridine rings is 1. The van der Waals surface area contributed by atoms with Gasteiger partial charge in [-0.25, -0.2) is 0 Å². The van der Waals surface area contributed by atoms with Gasteiger partial charge in [-0.15, -0.1) is 0 Å². The molecule has 0 amide bonds. The zero-order valence-electron chi connectivity index (χ0n) is 13.2. The second-order valence-corrected chi connectivity index (χ2v) is 5.34. The van der Waals surface area contributed by atoms with Crippen LogP contribution < -0.4 is 5.32 Å². The lowest BCUT2D eigenvalue weighted by molar-refractivity contribution is 0.173. The van der Waals surface area contributed by atoms with Gasteiger partial charge in [0.15, 0.2) is 0 Å². The van der Waals surface area contributed by atoms with Gasteiger partial charge in [0.1, 0.15) is 0 Å². The van der Waals surface area contributed by atoms with Gasteiger partial charge in [0.05, 0.1) is 0 Å². The predicted octanol–water partition coefficient (Wildman–Crippen LogP) is 3.25. The number of nitrogens with zero attached hydrogens (tertiary/aromatic N) is 2. The van der Waals surface area contributed by atoms with Gasteiger partial charge in [-0.1, -0.05) is 37.3 Å². The molecule has 0 aliphatic heterocycles. The van der Waals surface area contributed by atoms with Crippen molar-refractivity contribution < 1.29 is 0 Å². The Hall–Kier alpha value is -1.71. The molecule has 0 aliphatic carbocycles. The van der Waals surface area contributed by atoms with Gasteiger partial charge in [-0.2, -0.15) is 0 Å². The summed E-state index contributed by atoms with van der Waals surface area (Å²) in [5.41, 5.74) is 2.64. The molecule has 0 radical (unpaired) electrons. The monoisotopic (exact) mass is 283 g/mol. The van der Waals surface area contributed by atoms with Crippen LogP contribution >= 0.6 is 0 Å². The smallest absolute Gasteiger partial charge is 0.0473 e. The second kappa shape index (κ2) is 7.91. The van der Waals surface area contributed by atoms with Crippen LogP contribution in [0.2, 0.25) is 0 Å². The summed E-state index contributed by atoms with van der Waals surface area (Å²) < 4.78 is 0. The van der Waals surface area contributed by atoms with E-state index in [0.29, 0.717) is 12.1 Å². The molecular weight excluding hydrogens is 258 g/mol. The Bertz CT molecular complexity index is 513. The van der Waals surface area contributed by atoms with Gasteiger partial charge in [0.25, 0.3) is 0 Å². The molecule has 1 aromatic heterocycles. The van der Waals surface area contributed by atoms with E-state index >= 15 is 0 Å². The van der Waals surface area contributed by atoms with E-state index in [2.05, 4.69) is 71.5 Å². The summed E-state index contributed by atoms with van der Waals surface area (Å²) >= 11 is 0. The molecule has 2 rings (SSSR count). The maximum absolute atomic E-state index is 4.09. The standard InChI is InChI=1S/C18H25N3/c1-4-21(14-16-10-12-20-13-11-16)15(2)18(19-3)17-8-6-5-7-9-17/h5-13,15,18-19H,4,14H2,1-3H3. The van der Waals surface area contributed by atoms with E-state index in [1.807, 2.05) is 19.4 Å². The zero-order valence-corrected chi connectivity index (χ0v) is 13.2. The highest BCUT2D eigenvalue weighted by Crippen LogP contribution is 2.21. The Morgan fingerprint density at radius 1 is 1.10 bits per heavy atom. The van der Waals surface area contributed by atoms with Crippen LogP contribution in [0.3, 0.4) is 0 Å². The van der Waals surface area contributed by atoms with Gasteiger partial charge >= 0.3 is 0 Å². The molecular formula is C18H25N3. The van der Waals surface area contributed by atoms with E-state index in [9.17, 15) is 0 Å². The molecule has 0 saturated heterocycles. The van der Waals surface area contributed by atoms with Gasteiger partial charge < -0.3 is 5.32 Å². The summed E-state index contributed by atoms with van der Waals surface area (Å²) in [7, 11) is 2.04. The molecule has 1 heterocycles. The van der Waals surface area contributed by atoms with Gasteiger partial charge in [0.2, 0.25) is 0 Å². The first-order valence-corrected chi connectivity index (χ1v) is 7.61. The van der Waals surface area contributed by atoms with Crippen molar-refractivity contribution in [2.45, 2.75) is 32.5 Å². The van der Waals surface area contributed by atoms with Crippen LogP contribution in [-0.4, -0.2) is 29.5 Å². The predicted molar refractivity (Wildman–Crippen MR) is 88.0 cm³/mol. The van der Waals surface area contributed by atoms with Crippen LogP contribution in [0.5, 0.6) is 0 Å². The SMILES string of the molecule is CCN(Cc1ccncc1)C(C)C(NC)c1ccccc1. The third-order valence-corrected chi connectivity index (χ3v) is 4.07. The van der Waals surface area contributed by atoms with Crippen molar-refractivity contribution in [2.24, 2.45) is 0 Å². The lowest BCUT2D eigenvalue weighted by Crippen LogP contribution is -2.41. The lowest BCUT2D eigenvalue weighted by atomic mass is 9.99. The Balaban J connectivity index is 2.12. The third-order valence-electron chi connectivity index (χ3n) is 4.07. The summed E-state index contributed by atoms with van der Waals surface area (Å²) in [4.78, 5) is 6.58. The molecule has 112 valence electrons. The average molecular weight is 283 g/mol. The quantitative estimate of drug-likeness (QED) is 0.845. The highest BCUT2D eigenvalue weighted by Gasteiger charge is 2.22. The van der Waals surface area contributed by atoms with Crippen molar-refractivity contribution in [1.82, 2.24) is 15.2 Å². The van der Waals surface area contributed by atoms with Crippen LogP contribution in [0, 0.1) is 0 Å². The summed E-state index contributed by atoms with van der Waals surface area (Å²) in [5.74, 6) is 0. The van der Waals surface area contributed by atoms with E-state index in [-0.39, 0.29) is 0 Å². The summed E-state index contributed by atoms with van der Waals surface area (Å²) in [6.07, 6.45) is 3.72. The third kappa shape index (κ3) is 4.13. The number of aromatic nitrogens is 1. The molecule has 21 heavy (non-hydrogen) atoms. The fraction of sp³-hybridized carbons (Fsp3) is 0.389. The molecule has 0 fully saturated rings. The summed E-state index contributed by atoms with van der Waals surface area (Å²) in [6, 6.07) is 15.6.